The molecule has 0 aromatic carbocycles. The van der Waals surface area contributed by atoms with Crippen LogP contribution in [0.15, 0.2) is 30.7 Å². The molecule has 0 amide bonds. The molecule has 6 nitrogen and oxygen atoms in total. The van der Waals surface area contributed by atoms with Gasteiger partial charge < -0.3 is 19.5 Å². The fourth-order valence-electron chi connectivity index (χ4n) is 2.56. The predicted molar refractivity (Wildman–Crippen MR) is 82.5 cm³/mol. The number of aromatic nitrogens is 3. The molecule has 0 bridgehead atoms. The number of pyridine rings is 1. The average Bonchev–Trinajstić information content (AvgIpc) is 2.95. The van der Waals surface area contributed by atoms with E-state index in [-0.39, 0.29) is 6.04 Å². The Kier molecular flexibility index (Phi) is 4.06. The minimum atomic E-state index is 0.117. The summed E-state index contributed by atoms with van der Waals surface area (Å²) in [7, 11) is 2.00. The molecular weight excluding hydrogens is 266 g/mol. The topological polar surface area (TPSA) is 55.2 Å². The maximum Gasteiger partial charge on any atom is 0.130 e. The molecule has 3 rings (SSSR count). The fraction of sp³-hybridized carbons (Fsp3) is 0.467. The lowest BCUT2D eigenvalue weighted by molar-refractivity contribution is 0.122. The molecular formula is C15H21N5O. The number of nitrogens with zero attached hydrogens (tertiary/aromatic N) is 4. The van der Waals surface area contributed by atoms with E-state index in [2.05, 4.69) is 33.2 Å². The molecule has 1 saturated heterocycles. The molecule has 1 N–H and O–H groups in total. The molecule has 1 aliphatic rings. The molecule has 1 atom stereocenters. The molecule has 0 aliphatic carbocycles. The Labute approximate surface area is 124 Å². The van der Waals surface area contributed by atoms with Crippen LogP contribution in [0.5, 0.6) is 0 Å². The van der Waals surface area contributed by atoms with Crippen LogP contribution in [0.2, 0.25) is 0 Å². The molecule has 0 radical (unpaired) electrons. The molecule has 6 heteroatoms. The van der Waals surface area contributed by atoms with Gasteiger partial charge in [0.15, 0.2) is 0 Å². The van der Waals surface area contributed by atoms with E-state index in [0.29, 0.717) is 0 Å². The first-order valence-electron chi connectivity index (χ1n) is 7.26. The highest BCUT2D eigenvalue weighted by Gasteiger charge is 2.13. The highest BCUT2D eigenvalue weighted by Crippen LogP contribution is 2.19. The third-order valence-corrected chi connectivity index (χ3v) is 3.73. The number of rotatable bonds is 4. The van der Waals surface area contributed by atoms with E-state index in [1.54, 1.807) is 0 Å². The van der Waals surface area contributed by atoms with Crippen LogP contribution >= 0.6 is 0 Å². The van der Waals surface area contributed by atoms with Crippen molar-refractivity contribution in [1.29, 1.82) is 0 Å². The first-order chi connectivity index (χ1) is 10.2. The summed E-state index contributed by atoms with van der Waals surface area (Å²) in [6.45, 7) is 5.52. The van der Waals surface area contributed by atoms with Gasteiger partial charge in [-0.3, -0.25) is 0 Å². The van der Waals surface area contributed by atoms with Crippen molar-refractivity contribution < 1.29 is 4.74 Å². The fourth-order valence-corrected chi connectivity index (χ4v) is 2.56. The van der Waals surface area contributed by atoms with Crippen molar-refractivity contribution in [3.05, 3.63) is 36.5 Å². The molecule has 112 valence electrons. The standard InChI is InChI=1S/C15H21N5O/c1-12(15-16-5-6-19(15)2)18-14-4-3-13(11-17-14)20-7-9-21-10-8-20/h3-6,11-12H,7-10H2,1-2H3,(H,17,18). The summed E-state index contributed by atoms with van der Waals surface area (Å²) >= 11 is 0. The first-order valence-corrected chi connectivity index (χ1v) is 7.26. The van der Waals surface area contributed by atoms with Crippen molar-refractivity contribution in [2.75, 3.05) is 36.5 Å². The van der Waals surface area contributed by atoms with Gasteiger partial charge in [0.25, 0.3) is 0 Å². The van der Waals surface area contributed by atoms with Crippen LogP contribution in [0, 0.1) is 0 Å². The summed E-state index contributed by atoms with van der Waals surface area (Å²) < 4.78 is 7.38. The normalized spacial score (nSPS) is 16.8. The van der Waals surface area contributed by atoms with E-state index in [1.165, 1.54) is 0 Å². The Morgan fingerprint density at radius 3 is 2.67 bits per heavy atom. The zero-order valence-electron chi connectivity index (χ0n) is 12.5. The number of imidazole rings is 1. The van der Waals surface area contributed by atoms with Crippen LogP contribution in [0.25, 0.3) is 0 Å². The lowest BCUT2D eigenvalue weighted by atomic mass is 10.3. The van der Waals surface area contributed by atoms with Gasteiger partial charge in [-0.15, -0.1) is 0 Å². The van der Waals surface area contributed by atoms with E-state index >= 15 is 0 Å². The maximum atomic E-state index is 5.37. The molecule has 1 unspecified atom stereocenters. The average molecular weight is 287 g/mol. The number of nitrogens with one attached hydrogen (secondary N) is 1. The third-order valence-electron chi connectivity index (χ3n) is 3.73. The highest BCUT2D eigenvalue weighted by molar-refractivity contribution is 5.50. The number of hydrogen-bond donors (Lipinski definition) is 1. The molecule has 3 heterocycles. The zero-order chi connectivity index (χ0) is 14.7. The molecule has 0 spiro atoms. The molecule has 2 aromatic rings. The summed E-state index contributed by atoms with van der Waals surface area (Å²) in [4.78, 5) is 11.2. The van der Waals surface area contributed by atoms with E-state index in [0.717, 1.165) is 43.6 Å². The first kappa shape index (κ1) is 13.9. The minimum Gasteiger partial charge on any atom is -0.378 e. The predicted octanol–water partition coefficient (Wildman–Crippen LogP) is 1.82. The third kappa shape index (κ3) is 3.16. The van der Waals surface area contributed by atoms with Crippen LogP contribution in [-0.2, 0) is 11.8 Å². The van der Waals surface area contributed by atoms with Gasteiger partial charge in [0.1, 0.15) is 11.6 Å². The van der Waals surface area contributed by atoms with Crippen LogP contribution in [0.4, 0.5) is 11.5 Å². The highest BCUT2D eigenvalue weighted by atomic mass is 16.5. The van der Waals surface area contributed by atoms with Crippen molar-refractivity contribution in [3.8, 4) is 0 Å². The molecule has 2 aromatic heterocycles. The van der Waals surface area contributed by atoms with Gasteiger partial charge in [-0.25, -0.2) is 9.97 Å². The smallest absolute Gasteiger partial charge is 0.130 e. The lowest BCUT2D eigenvalue weighted by Crippen LogP contribution is -2.36. The van der Waals surface area contributed by atoms with Crippen LogP contribution < -0.4 is 10.2 Å². The number of aryl methyl sites for hydroxylation is 1. The minimum absolute atomic E-state index is 0.117. The monoisotopic (exact) mass is 287 g/mol. The van der Waals surface area contributed by atoms with E-state index in [1.807, 2.05) is 36.3 Å². The SMILES string of the molecule is CC(Nc1ccc(N2CCOCC2)cn1)c1nccn1C. The second-order valence-corrected chi connectivity index (χ2v) is 5.26. The van der Waals surface area contributed by atoms with Crippen LogP contribution in [0.3, 0.4) is 0 Å². The second-order valence-electron chi connectivity index (χ2n) is 5.26. The Morgan fingerprint density at radius 2 is 2.05 bits per heavy atom. The maximum absolute atomic E-state index is 5.37. The van der Waals surface area contributed by atoms with Crippen LogP contribution in [0.1, 0.15) is 18.8 Å². The van der Waals surface area contributed by atoms with Gasteiger partial charge in [0.2, 0.25) is 0 Å². The summed E-state index contributed by atoms with van der Waals surface area (Å²) in [5.41, 5.74) is 1.15. The number of morpholine rings is 1. The number of ether oxygens (including phenoxy) is 1. The Balaban J connectivity index is 1.65. The number of hydrogen-bond acceptors (Lipinski definition) is 5. The van der Waals surface area contributed by atoms with Crippen molar-refractivity contribution in [1.82, 2.24) is 14.5 Å². The van der Waals surface area contributed by atoms with Crippen molar-refractivity contribution >= 4 is 11.5 Å². The van der Waals surface area contributed by atoms with Gasteiger partial charge in [0, 0.05) is 32.5 Å². The Hall–Kier alpha value is -2.08. The summed E-state index contributed by atoms with van der Waals surface area (Å²) in [6.07, 6.45) is 5.67. The Morgan fingerprint density at radius 1 is 1.24 bits per heavy atom. The quantitative estimate of drug-likeness (QED) is 0.929. The van der Waals surface area contributed by atoms with Crippen molar-refractivity contribution in [3.63, 3.8) is 0 Å². The molecule has 21 heavy (non-hydrogen) atoms. The van der Waals surface area contributed by atoms with E-state index < -0.39 is 0 Å². The zero-order valence-corrected chi connectivity index (χ0v) is 12.5. The van der Waals surface area contributed by atoms with E-state index in [4.69, 9.17) is 4.74 Å². The number of anilines is 2. The van der Waals surface area contributed by atoms with Gasteiger partial charge >= 0.3 is 0 Å². The lowest BCUT2D eigenvalue weighted by Gasteiger charge is -2.28. The molecule has 1 fully saturated rings. The van der Waals surface area contributed by atoms with E-state index in [9.17, 15) is 0 Å². The van der Waals surface area contributed by atoms with Crippen molar-refractivity contribution in [2.24, 2.45) is 7.05 Å². The largest absolute Gasteiger partial charge is 0.378 e. The van der Waals surface area contributed by atoms with Crippen molar-refractivity contribution in [2.45, 2.75) is 13.0 Å². The van der Waals surface area contributed by atoms with Gasteiger partial charge in [-0.2, -0.15) is 0 Å². The van der Waals surface area contributed by atoms with Gasteiger partial charge in [-0.1, -0.05) is 0 Å². The second kappa shape index (κ2) is 6.13. The van der Waals surface area contributed by atoms with Crippen LogP contribution in [-0.4, -0.2) is 40.8 Å². The van der Waals surface area contributed by atoms with Gasteiger partial charge in [0.05, 0.1) is 31.1 Å². The summed E-state index contributed by atoms with van der Waals surface area (Å²) in [5, 5.41) is 3.38. The molecule has 1 aliphatic heterocycles. The summed E-state index contributed by atoms with van der Waals surface area (Å²) in [6, 6.07) is 4.24. The summed E-state index contributed by atoms with van der Waals surface area (Å²) in [5.74, 6) is 1.86. The molecule has 0 saturated carbocycles. The Bertz CT molecular complexity index is 574. The van der Waals surface area contributed by atoms with Gasteiger partial charge in [-0.05, 0) is 19.1 Å².